The fourth-order valence-corrected chi connectivity index (χ4v) is 6.29. The maximum absolute atomic E-state index is 13.5. The van der Waals surface area contributed by atoms with E-state index in [2.05, 4.69) is 59.9 Å². The van der Waals surface area contributed by atoms with Gasteiger partial charge >= 0.3 is 0 Å². The Morgan fingerprint density at radius 2 is 1.57 bits per heavy atom. The molecule has 4 aromatic carbocycles. The number of rotatable bonds is 6. The largest absolute Gasteiger partial charge is 0.381 e. The third kappa shape index (κ3) is 5.34. The molecule has 0 spiro atoms. The lowest BCUT2D eigenvalue weighted by atomic mass is 9.91. The fourth-order valence-electron chi connectivity index (χ4n) is 6.29. The first-order chi connectivity index (χ1) is 21.6. The molecule has 6 heteroatoms. The van der Waals surface area contributed by atoms with Crippen molar-refractivity contribution in [3.63, 3.8) is 0 Å². The number of ether oxygens (including phenoxy) is 1. The van der Waals surface area contributed by atoms with Gasteiger partial charge in [-0.25, -0.2) is 4.98 Å². The molecule has 0 bridgehead atoms. The van der Waals surface area contributed by atoms with E-state index in [1.54, 1.807) is 18.2 Å². The molecule has 0 unspecified atom stereocenters. The number of nitrogens with one attached hydrogen (secondary N) is 1. The first-order valence-corrected chi connectivity index (χ1v) is 15.1. The van der Waals surface area contributed by atoms with Crippen molar-refractivity contribution in [2.75, 3.05) is 18.1 Å². The van der Waals surface area contributed by atoms with E-state index in [1.165, 1.54) is 17.4 Å². The molecule has 2 aliphatic heterocycles. The smallest absolute Gasteiger partial charge is 0.228 e. The number of ketones is 1. The molecule has 1 N–H and O–H groups in total. The van der Waals surface area contributed by atoms with Gasteiger partial charge in [0.15, 0.2) is 0 Å². The second-order valence-electron chi connectivity index (χ2n) is 11.4. The van der Waals surface area contributed by atoms with E-state index in [0.717, 1.165) is 65.8 Å². The maximum atomic E-state index is 13.5. The first-order valence-electron chi connectivity index (χ1n) is 15.1. The van der Waals surface area contributed by atoms with Crippen LogP contribution in [0.15, 0.2) is 109 Å². The van der Waals surface area contributed by atoms with Gasteiger partial charge in [0.05, 0.1) is 22.6 Å². The van der Waals surface area contributed by atoms with Crippen LogP contribution >= 0.6 is 0 Å². The molecule has 7 rings (SSSR count). The third-order valence-corrected chi connectivity index (χ3v) is 8.47. The number of hydrogen-bond donors (Lipinski definition) is 1. The zero-order valence-corrected chi connectivity index (χ0v) is 24.6. The summed E-state index contributed by atoms with van der Waals surface area (Å²) in [6.07, 6.45) is 3.78. The van der Waals surface area contributed by atoms with Gasteiger partial charge in [0.1, 0.15) is 0 Å². The molecule has 0 atom stereocenters. The summed E-state index contributed by atoms with van der Waals surface area (Å²) in [7, 11) is 0. The number of carbonyl (C=O) groups excluding carboxylic acids is 2. The zero-order valence-electron chi connectivity index (χ0n) is 24.6. The maximum Gasteiger partial charge on any atom is 0.228 e. The van der Waals surface area contributed by atoms with Crippen molar-refractivity contribution in [3.05, 3.63) is 126 Å². The quantitative estimate of drug-likeness (QED) is 0.212. The highest BCUT2D eigenvalue weighted by molar-refractivity contribution is 6.26. The summed E-state index contributed by atoms with van der Waals surface area (Å²) in [4.78, 5) is 32.8. The average Bonchev–Trinajstić information content (AvgIpc) is 3.35. The van der Waals surface area contributed by atoms with Crippen molar-refractivity contribution in [2.24, 2.45) is 0 Å². The summed E-state index contributed by atoms with van der Waals surface area (Å²) in [5.41, 5.74) is 8.38. The standard InChI is InChI=1S/C38H33N3O3/c1-25(42)41-36-14-8-7-13-32(36)38(43)37(41)23-29-22-33(31-12-6-5-11-30(31)27-9-3-2-4-10-27)34-21-26(15-16-35(34)40-29)24-39-28-17-19-44-20-18-28/h2-16,21-23,28,39H,17-20,24H2,1H3/b37-23+. The molecule has 218 valence electrons. The number of pyridine rings is 1. The molecule has 1 amide bonds. The number of aromatic nitrogens is 1. The Balaban J connectivity index is 1.37. The number of fused-ring (bicyclic) bond motifs is 2. The number of amides is 1. The topological polar surface area (TPSA) is 71.5 Å². The lowest BCUT2D eigenvalue weighted by Crippen LogP contribution is -2.34. The summed E-state index contributed by atoms with van der Waals surface area (Å²) in [5, 5.41) is 4.74. The Morgan fingerprint density at radius 1 is 0.864 bits per heavy atom. The van der Waals surface area contributed by atoms with Gasteiger partial charge in [0.2, 0.25) is 11.7 Å². The summed E-state index contributed by atoms with van der Waals surface area (Å²) >= 11 is 0. The van der Waals surface area contributed by atoms with Gasteiger partial charge < -0.3 is 10.1 Å². The van der Waals surface area contributed by atoms with Crippen molar-refractivity contribution in [1.29, 1.82) is 0 Å². The highest BCUT2D eigenvalue weighted by atomic mass is 16.5. The second kappa shape index (κ2) is 12.0. The molecule has 6 nitrogen and oxygen atoms in total. The Labute approximate surface area is 257 Å². The number of Topliss-reactive ketones (excluding diaryl/α,β-unsaturated/α-hetero) is 1. The van der Waals surface area contributed by atoms with Crippen LogP contribution in [-0.4, -0.2) is 35.9 Å². The Hall–Kier alpha value is -4.91. The predicted octanol–water partition coefficient (Wildman–Crippen LogP) is 7.43. The number of allylic oxidation sites excluding steroid dienone is 1. The van der Waals surface area contributed by atoms with Gasteiger partial charge in [0, 0.05) is 43.7 Å². The van der Waals surface area contributed by atoms with Crippen LogP contribution in [0, 0.1) is 0 Å². The normalized spacial score (nSPS) is 16.1. The average molecular weight is 580 g/mol. The monoisotopic (exact) mass is 579 g/mol. The molecule has 0 saturated carbocycles. The molecule has 3 heterocycles. The van der Waals surface area contributed by atoms with Crippen molar-refractivity contribution in [2.45, 2.75) is 32.4 Å². The molecule has 1 fully saturated rings. The van der Waals surface area contributed by atoms with Gasteiger partial charge in [-0.3, -0.25) is 14.5 Å². The van der Waals surface area contributed by atoms with Crippen LogP contribution in [0.25, 0.3) is 39.2 Å². The van der Waals surface area contributed by atoms with Gasteiger partial charge in [-0.1, -0.05) is 72.8 Å². The minimum atomic E-state index is -0.216. The van der Waals surface area contributed by atoms with Crippen LogP contribution in [0.4, 0.5) is 5.69 Å². The summed E-state index contributed by atoms with van der Waals surface area (Å²) in [6.45, 7) is 3.83. The van der Waals surface area contributed by atoms with Crippen LogP contribution in [0.1, 0.15) is 41.4 Å². The molecule has 44 heavy (non-hydrogen) atoms. The van der Waals surface area contributed by atoms with Gasteiger partial charge in [-0.2, -0.15) is 0 Å². The van der Waals surface area contributed by atoms with Crippen LogP contribution in [0.3, 0.4) is 0 Å². The van der Waals surface area contributed by atoms with Crippen LogP contribution in [0.2, 0.25) is 0 Å². The van der Waals surface area contributed by atoms with Crippen LogP contribution < -0.4 is 10.2 Å². The molecule has 1 saturated heterocycles. The second-order valence-corrected chi connectivity index (χ2v) is 11.4. The number of nitrogens with zero attached hydrogens (tertiary/aromatic N) is 2. The lowest BCUT2D eigenvalue weighted by Gasteiger charge is -2.23. The van der Waals surface area contributed by atoms with Crippen molar-refractivity contribution in [3.8, 4) is 22.3 Å². The predicted molar refractivity (Wildman–Crippen MR) is 175 cm³/mol. The number of carbonyl (C=O) groups is 2. The van der Waals surface area contributed by atoms with E-state index >= 15 is 0 Å². The van der Waals surface area contributed by atoms with Crippen LogP contribution in [-0.2, 0) is 16.1 Å². The van der Waals surface area contributed by atoms with E-state index < -0.39 is 0 Å². The number of hydrogen-bond acceptors (Lipinski definition) is 5. The van der Waals surface area contributed by atoms with Crippen molar-refractivity contribution >= 4 is 34.4 Å². The third-order valence-electron chi connectivity index (χ3n) is 8.47. The van der Waals surface area contributed by atoms with Gasteiger partial charge in [-0.05, 0) is 77.1 Å². The molecule has 1 aromatic heterocycles. The summed E-state index contributed by atoms with van der Waals surface area (Å²) in [5.74, 6) is -0.398. The summed E-state index contributed by atoms with van der Waals surface area (Å²) < 4.78 is 5.53. The minimum Gasteiger partial charge on any atom is -0.381 e. The lowest BCUT2D eigenvalue weighted by molar-refractivity contribution is -0.116. The number of para-hydroxylation sites is 1. The SMILES string of the molecule is CC(=O)N1/C(=C/c2cc(-c3ccccc3-c3ccccc3)c3cc(CNC4CCOCC4)ccc3n2)C(=O)c2ccccc21. The van der Waals surface area contributed by atoms with Gasteiger partial charge in [-0.15, -0.1) is 0 Å². The van der Waals surface area contributed by atoms with E-state index in [0.29, 0.717) is 28.7 Å². The van der Waals surface area contributed by atoms with E-state index in [9.17, 15) is 9.59 Å². The molecule has 0 radical (unpaired) electrons. The van der Waals surface area contributed by atoms with E-state index in [4.69, 9.17) is 9.72 Å². The molecular weight excluding hydrogens is 546 g/mol. The summed E-state index contributed by atoms with van der Waals surface area (Å²) in [6, 6.07) is 34.9. The van der Waals surface area contributed by atoms with E-state index in [1.807, 2.05) is 36.4 Å². The molecular formula is C38H33N3O3. The first kappa shape index (κ1) is 27.9. The number of anilines is 1. The highest BCUT2D eigenvalue weighted by Gasteiger charge is 2.34. The fraction of sp³-hybridized carbons (Fsp3) is 0.184. The Kier molecular flexibility index (Phi) is 7.61. The minimum absolute atomic E-state index is 0.182. The molecule has 0 aliphatic carbocycles. The zero-order chi connectivity index (χ0) is 30.0. The Bertz CT molecular complexity index is 1910. The van der Waals surface area contributed by atoms with Crippen molar-refractivity contribution < 1.29 is 14.3 Å². The highest BCUT2D eigenvalue weighted by Crippen LogP contribution is 2.39. The van der Waals surface area contributed by atoms with Crippen LogP contribution in [0.5, 0.6) is 0 Å². The molecule has 2 aliphatic rings. The molecule has 5 aromatic rings. The number of benzene rings is 4. The van der Waals surface area contributed by atoms with E-state index in [-0.39, 0.29) is 11.7 Å². The Morgan fingerprint density at radius 3 is 2.34 bits per heavy atom. The van der Waals surface area contributed by atoms with Crippen molar-refractivity contribution in [1.82, 2.24) is 10.3 Å². The van der Waals surface area contributed by atoms with Gasteiger partial charge in [0.25, 0.3) is 0 Å².